The zero-order chi connectivity index (χ0) is 14.8. The Morgan fingerprint density at radius 2 is 1.95 bits per heavy atom. The molecule has 0 fully saturated rings. The fourth-order valence-electron chi connectivity index (χ4n) is 2.98. The van der Waals surface area contributed by atoms with Gasteiger partial charge in [-0.15, -0.1) is 0 Å². The summed E-state index contributed by atoms with van der Waals surface area (Å²) in [5.74, 6) is 0.768. The van der Waals surface area contributed by atoms with Gasteiger partial charge in [-0.05, 0) is 47.7 Å². The summed E-state index contributed by atoms with van der Waals surface area (Å²) in [5, 5.41) is 10.6. The van der Waals surface area contributed by atoms with E-state index in [1.54, 1.807) is 7.11 Å². The lowest BCUT2D eigenvalue weighted by Crippen LogP contribution is -2.24. The zero-order valence-electron chi connectivity index (χ0n) is 12.5. The van der Waals surface area contributed by atoms with Gasteiger partial charge in [-0.2, -0.15) is 0 Å². The van der Waals surface area contributed by atoms with Crippen molar-refractivity contribution in [3.05, 3.63) is 59.2 Å². The number of methoxy groups -OCH3 is 1. The number of aryl methyl sites for hydroxylation is 1. The normalized spacial score (nSPS) is 15.5. The van der Waals surface area contributed by atoms with Crippen LogP contribution in [0.2, 0.25) is 0 Å². The van der Waals surface area contributed by atoms with Crippen LogP contribution in [0, 0.1) is 0 Å². The van der Waals surface area contributed by atoms with Crippen molar-refractivity contribution in [1.29, 1.82) is 0 Å². The molecule has 2 aromatic carbocycles. The van der Waals surface area contributed by atoms with Gasteiger partial charge in [-0.1, -0.05) is 24.3 Å². The molecule has 0 saturated heterocycles. The minimum absolute atomic E-state index is 0.613. The van der Waals surface area contributed by atoms with Crippen molar-refractivity contribution in [2.45, 2.75) is 18.9 Å². The first-order valence-corrected chi connectivity index (χ1v) is 7.35. The monoisotopic (exact) mass is 283 g/mol. The van der Waals surface area contributed by atoms with E-state index in [0.717, 1.165) is 29.8 Å². The Balaban J connectivity index is 1.92. The summed E-state index contributed by atoms with van der Waals surface area (Å²) in [6, 6.07) is 13.9. The maximum atomic E-state index is 10.6. The van der Waals surface area contributed by atoms with Crippen molar-refractivity contribution in [2.24, 2.45) is 0 Å². The van der Waals surface area contributed by atoms with E-state index in [-0.39, 0.29) is 0 Å². The number of ether oxygens (including phenoxy) is 1. The highest BCUT2D eigenvalue weighted by Crippen LogP contribution is 2.31. The van der Waals surface area contributed by atoms with Gasteiger partial charge in [0.05, 0.1) is 7.11 Å². The molecular weight excluding hydrogens is 262 g/mol. The molecule has 1 N–H and O–H groups in total. The first-order chi connectivity index (χ1) is 10.2. The number of hydrogen-bond donors (Lipinski definition) is 1. The predicted octanol–water partition coefficient (Wildman–Crippen LogP) is 3.16. The van der Waals surface area contributed by atoms with Gasteiger partial charge in [0.1, 0.15) is 11.9 Å². The highest BCUT2D eigenvalue weighted by Gasteiger charge is 2.17. The molecule has 0 aromatic heterocycles. The molecule has 1 atom stereocenters. The van der Waals surface area contributed by atoms with Gasteiger partial charge < -0.3 is 14.7 Å². The highest BCUT2D eigenvalue weighted by molar-refractivity contribution is 5.57. The summed E-state index contributed by atoms with van der Waals surface area (Å²) in [6.45, 7) is 1.10. The number of aliphatic hydroxyl groups is 1. The molecule has 0 spiro atoms. The van der Waals surface area contributed by atoms with E-state index in [0.29, 0.717) is 0 Å². The third-order valence-corrected chi connectivity index (χ3v) is 4.18. The van der Waals surface area contributed by atoms with Gasteiger partial charge in [-0.25, -0.2) is 0 Å². The van der Waals surface area contributed by atoms with Crippen LogP contribution in [0.4, 0.5) is 5.69 Å². The van der Waals surface area contributed by atoms with Crippen molar-refractivity contribution < 1.29 is 9.84 Å². The number of aliphatic hydroxyl groups excluding tert-OH is 1. The second-order valence-electron chi connectivity index (χ2n) is 5.59. The third-order valence-electron chi connectivity index (χ3n) is 4.18. The number of rotatable bonds is 3. The van der Waals surface area contributed by atoms with Crippen molar-refractivity contribution in [2.75, 3.05) is 25.6 Å². The lowest BCUT2D eigenvalue weighted by atomic mass is 9.95. The van der Waals surface area contributed by atoms with Gasteiger partial charge in [0.15, 0.2) is 0 Å². The Morgan fingerprint density at radius 3 is 2.76 bits per heavy atom. The lowest BCUT2D eigenvalue weighted by molar-refractivity contribution is 0.219. The molecule has 2 aromatic rings. The zero-order valence-corrected chi connectivity index (χ0v) is 12.5. The van der Waals surface area contributed by atoms with Gasteiger partial charge in [0, 0.05) is 19.3 Å². The average molecular weight is 283 g/mol. The van der Waals surface area contributed by atoms with Crippen LogP contribution in [0.15, 0.2) is 42.5 Å². The first kappa shape index (κ1) is 14.0. The summed E-state index contributed by atoms with van der Waals surface area (Å²) < 4.78 is 5.23. The fraction of sp³-hybridized carbons (Fsp3) is 0.333. The van der Waals surface area contributed by atoms with E-state index in [4.69, 9.17) is 4.74 Å². The number of hydrogen-bond acceptors (Lipinski definition) is 3. The van der Waals surface area contributed by atoms with Crippen LogP contribution in [0.3, 0.4) is 0 Å². The van der Waals surface area contributed by atoms with E-state index < -0.39 is 6.10 Å². The van der Waals surface area contributed by atoms with Gasteiger partial charge in [0.25, 0.3) is 0 Å². The van der Waals surface area contributed by atoms with Gasteiger partial charge >= 0.3 is 0 Å². The first-order valence-electron chi connectivity index (χ1n) is 7.35. The Kier molecular flexibility index (Phi) is 3.84. The maximum absolute atomic E-state index is 10.6. The SMILES string of the molecule is COc1cccc(C(O)c2ccc3c(c2)CCCN3C)c1. The van der Waals surface area contributed by atoms with Crippen molar-refractivity contribution in [3.8, 4) is 5.75 Å². The summed E-state index contributed by atoms with van der Waals surface area (Å²) in [7, 11) is 3.76. The van der Waals surface area contributed by atoms with Crippen LogP contribution in [-0.2, 0) is 6.42 Å². The molecule has 3 heteroatoms. The second kappa shape index (κ2) is 5.78. The topological polar surface area (TPSA) is 32.7 Å². The van der Waals surface area contributed by atoms with E-state index in [9.17, 15) is 5.11 Å². The van der Waals surface area contributed by atoms with Crippen molar-refractivity contribution in [3.63, 3.8) is 0 Å². The number of fused-ring (bicyclic) bond motifs is 1. The standard InChI is InChI=1S/C18H21NO2/c1-19-10-4-6-13-11-15(8-9-17(13)19)18(20)14-5-3-7-16(12-14)21-2/h3,5,7-9,11-12,18,20H,4,6,10H2,1-2H3. The van der Waals surface area contributed by atoms with Gasteiger partial charge in [-0.3, -0.25) is 0 Å². The molecule has 1 unspecified atom stereocenters. The summed E-state index contributed by atoms with van der Waals surface area (Å²) >= 11 is 0. The molecule has 1 aliphatic rings. The Hall–Kier alpha value is -2.00. The minimum Gasteiger partial charge on any atom is -0.497 e. The largest absolute Gasteiger partial charge is 0.497 e. The summed E-state index contributed by atoms with van der Waals surface area (Å²) in [5.41, 5.74) is 4.40. The van der Waals surface area contributed by atoms with Gasteiger partial charge in [0.2, 0.25) is 0 Å². The predicted molar refractivity (Wildman–Crippen MR) is 85.1 cm³/mol. The third kappa shape index (κ3) is 2.74. The molecular formula is C18H21NO2. The van der Waals surface area contributed by atoms with Crippen LogP contribution in [-0.4, -0.2) is 25.8 Å². The summed E-state index contributed by atoms with van der Waals surface area (Å²) in [4.78, 5) is 2.28. The number of benzene rings is 2. The average Bonchev–Trinajstić information content (AvgIpc) is 2.54. The molecule has 3 rings (SSSR count). The molecule has 0 radical (unpaired) electrons. The van der Waals surface area contributed by atoms with E-state index in [1.165, 1.54) is 17.7 Å². The molecule has 110 valence electrons. The molecule has 1 aliphatic heterocycles. The maximum Gasteiger partial charge on any atom is 0.119 e. The Bertz CT molecular complexity index is 639. The van der Waals surface area contributed by atoms with Crippen molar-refractivity contribution >= 4 is 5.69 Å². The van der Waals surface area contributed by atoms with Crippen LogP contribution >= 0.6 is 0 Å². The number of nitrogens with zero attached hydrogens (tertiary/aromatic N) is 1. The van der Waals surface area contributed by atoms with Crippen LogP contribution < -0.4 is 9.64 Å². The van der Waals surface area contributed by atoms with Crippen LogP contribution in [0.5, 0.6) is 5.75 Å². The van der Waals surface area contributed by atoms with E-state index >= 15 is 0 Å². The van der Waals surface area contributed by atoms with E-state index in [2.05, 4.69) is 24.1 Å². The molecule has 1 heterocycles. The quantitative estimate of drug-likeness (QED) is 0.939. The van der Waals surface area contributed by atoms with Crippen molar-refractivity contribution in [1.82, 2.24) is 0 Å². The van der Waals surface area contributed by atoms with Crippen LogP contribution in [0.1, 0.15) is 29.2 Å². The summed E-state index contributed by atoms with van der Waals surface area (Å²) in [6.07, 6.45) is 1.64. The molecule has 21 heavy (non-hydrogen) atoms. The smallest absolute Gasteiger partial charge is 0.119 e. The van der Waals surface area contributed by atoms with Crippen LogP contribution in [0.25, 0.3) is 0 Å². The Morgan fingerprint density at radius 1 is 1.14 bits per heavy atom. The lowest BCUT2D eigenvalue weighted by Gasteiger charge is -2.28. The second-order valence-corrected chi connectivity index (χ2v) is 5.59. The Labute approximate surface area is 125 Å². The molecule has 0 saturated carbocycles. The highest BCUT2D eigenvalue weighted by atomic mass is 16.5. The molecule has 3 nitrogen and oxygen atoms in total. The molecule has 0 aliphatic carbocycles. The minimum atomic E-state index is -0.613. The molecule has 0 amide bonds. The molecule has 0 bridgehead atoms. The fourth-order valence-corrected chi connectivity index (χ4v) is 2.98. The number of anilines is 1. The van der Waals surface area contributed by atoms with E-state index in [1.807, 2.05) is 30.3 Å².